The summed E-state index contributed by atoms with van der Waals surface area (Å²) in [5.41, 5.74) is 5.73. The summed E-state index contributed by atoms with van der Waals surface area (Å²) in [5.74, 6) is 0. The summed E-state index contributed by atoms with van der Waals surface area (Å²) >= 11 is 0. The molecule has 0 nitrogen and oxygen atoms in total. The van der Waals surface area contributed by atoms with E-state index in [2.05, 4.69) is 78.0 Å². The molecule has 0 N–H and O–H groups in total. The predicted molar refractivity (Wildman–Crippen MR) is 84.2 cm³/mol. The fourth-order valence-electron chi connectivity index (χ4n) is 2.25. The SMILES string of the molecule is CC(C)(C)c1cc(C2=[C]CC=C2)cc(C(C)(C)C)c1. The van der Waals surface area contributed by atoms with Crippen LogP contribution in [-0.2, 0) is 10.8 Å². The second-order valence-corrected chi connectivity index (χ2v) is 7.50. The van der Waals surface area contributed by atoms with E-state index < -0.39 is 0 Å². The van der Waals surface area contributed by atoms with E-state index in [9.17, 15) is 0 Å². The van der Waals surface area contributed by atoms with Gasteiger partial charge >= 0.3 is 0 Å². The summed E-state index contributed by atoms with van der Waals surface area (Å²) in [6.07, 6.45) is 8.75. The Hall–Kier alpha value is -1.30. The van der Waals surface area contributed by atoms with Gasteiger partial charge in [-0.25, -0.2) is 0 Å². The quantitative estimate of drug-likeness (QED) is 0.626. The highest BCUT2D eigenvalue weighted by molar-refractivity contribution is 5.75. The first-order valence-corrected chi connectivity index (χ1v) is 7.12. The molecular weight excluding hydrogens is 228 g/mol. The van der Waals surface area contributed by atoms with Crippen molar-refractivity contribution in [1.29, 1.82) is 0 Å². The van der Waals surface area contributed by atoms with E-state index in [1.807, 2.05) is 0 Å². The monoisotopic (exact) mass is 253 g/mol. The molecule has 1 aromatic rings. The molecule has 1 aliphatic carbocycles. The van der Waals surface area contributed by atoms with Gasteiger partial charge in [0.2, 0.25) is 0 Å². The third-order valence-corrected chi connectivity index (χ3v) is 3.67. The van der Waals surface area contributed by atoms with Crippen LogP contribution < -0.4 is 0 Å². The summed E-state index contributed by atoms with van der Waals surface area (Å²) in [5, 5.41) is 0. The Morgan fingerprint density at radius 1 is 0.842 bits per heavy atom. The zero-order valence-electron chi connectivity index (χ0n) is 13.1. The van der Waals surface area contributed by atoms with Crippen molar-refractivity contribution in [3.63, 3.8) is 0 Å². The minimum atomic E-state index is 0.179. The van der Waals surface area contributed by atoms with Gasteiger partial charge in [0, 0.05) is 0 Å². The maximum atomic E-state index is 3.44. The van der Waals surface area contributed by atoms with E-state index in [4.69, 9.17) is 0 Å². The lowest BCUT2D eigenvalue weighted by atomic mass is 9.79. The fraction of sp³-hybridized carbons (Fsp3) is 0.474. The zero-order chi connectivity index (χ0) is 14.3. The number of benzene rings is 1. The molecule has 0 spiro atoms. The summed E-state index contributed by atoms with van der Waals surface area (Å²) < 4.78 is 0. The van der Waals surface area contributed by atoms with Crippen molar-refractivity contribution in [3.05, 3.63) is 53.1 Å². The maximum Gasteiger partial charge on any atom is -0.00849 e. The molecular formula is C19H25. The standard InChI is InChI=1S/C19H25/c1-18(2,3)16-11-15(14-9-7-8-10-14)12-17(13-16)19(4,5)6/h7,9,11-13H,8H2,1-6H3. The molecule has 0 bridgehead atoms. The molecule has 0 aromatic heterocycles. The molecule has 1 radical (unpaired) electrons. The average molecular weight is 253 g/mol. The van der Waals surface area contributed by atoms with Crippen LogP contribution in [-0.4, -0.2) is 0 Å². The van der Waals surface area contributed by atoms with E-state index >= 15 is 0 Å². The van der Waals surface area contributed by atoms with Crippen molar-refractivity contribution in [3.8, 4) is 0 Å². The lowest BCUT2D eigenvalue weighted by Gasteiger charge is -2.26. The van der Waals surface area contributed by atoms with Crippen LogP contribution in [0.15, 0.2) is 30.4 Å². The smallest absolute Gasteiger partial charge is 0.00849 e. The third-order valence-electron chi connectivity index (χ3n) is 3.67. The molecule has 101 valence electrons. The number of rotatable bonds is 1. The molecule has 2 rings (SSSR count). The molecule has 0 amide bonds. The Morgan fingerprint density at radius 3 is 1.74 bits per heavy atom. The predicted octanol–water partition coefficient (Wildman–Crippen LogP) is 5.43. The van der Waals surface area contributed by atoms with Crippen LogP contribution in [0.4, 0.5) is 0 Å². The first-order valence-electron chi connectivity index (χ1n) is 7.12. The second kappa shape index (κ2) is 4.67. The molecule has 0 heterocycles. The molecule has 19 heavy (non-hydrogen) atoms. The number of allylic oxidation sites excluding steroid dienone is 4. The molecule has 1 aromatic carbocycles. The molecule has 0 saturated heterocycles. The van der Waals surface area contributed by atoms with E-state index in [-0.39, 0.29) is 10.8 Å². The van der Waals surface area contributed by atoms with Crippen LogP contribution >= 0.6 is 0 Å². The molecule has 0 saturated carbocycles. The molecule has 0 atom stereocenters. The number of hydrogen-bond donors (Lipinski definition) is 0. The van der Waals surface area contributed by atoms with Crippen molar-refractivity contribution in [2.24, 2.45) is 0 Å². The van der Waals surface area contributed by atoms with Crippen molar-refractivity contribution in [2.75, 3.05) is 0 Å². The first kappa shape index (κ1) is 14.1. The van der Waals surface area contributed by atoms with Gasteiger partial charge < -0.3 is 0 Å². The minimum Gasteiger partial charge on any atom is -0.0795 e. The van der Waals surface area contributed by atoms with Gasteiger partial charge in [0.1, 0.15) is 0 Å². The molecule has 0 fully saturated rings. The van der Waals surface area contributed by atoms with E-state index in [1.54, 1.807) is 0 Å². The van der Waals surface area contributed by atoms with E-state index in [0.717, 1.165) is 6.42 Å². The van der Waals surface area contributed by atoms with Crippen LogP contribution in [0.25, 0.3) is 5.57 Å². The maximum absolute atomic E-state index is 3.44. The van der Waals surface area contributed by atoms with Gasteiger partial charge in [-0.05, 0) is 45.6 Å². The first-order chi connectivity index (χ1) is 8.68. The van der Waals surface area contributed by atoms with Gasteiger partial charge in [0.15, 0.2) is 0 Å². The minimum absolute atomic E-state index is 0.179. The second-order valence-electron chi connectivity index (χ2n) is 7.50. The van der Waals surface area contributed by atoms with Crippen LogP contribution in [0.1, 0.15) is 64.7 Å². The lowest BCUT2D eigenvalue weighted by molar-refractivity contribution is 0.568. The highest BCUT2D eigenvalue weighted by Gasteiger charge is 2.21. The van der Waals surface area contributed by atoms with Gasteiger partial charge in [-0.15, -0.1) is 0 Å². The molecule has 1 aliphatic rings. The highest BCUT2D eigenvalue weighted by atomic mass is 14.3. The van der Waals surface area contributed by atoms with Gasteiger partial charge in [-0.3, -0.25) is 0 Å². The van der Waals surface area contributed by atoms with Crippen molar-refractivity contribution in [2.45, 2.75) is 58.8 Å². The largest absolute Gasteiger partial charge is 0.0795 e. The van der Waals surface area contributed by atoms with Gasteiger partial charge in [-0.2, -0.15) is 0 Å². The lowest BCUT2D eigenvalue weighted by Crippen LogP contribution is -2.16. The Labute approximate surface area is 118 Å². The van der Waals surface area contributed by atoms with Crippen LogP contribution in [0.2, 0.25) is 0 Å². The van der Waals surface area contributed by atoms with Crippen LogP contribution in [0, 0.1) is 6.08 Å². The zero-order valence-corrected chi connectivity index (χ0v) is 13.1. The summed E-state index contributed by atoms with van der Waals surface area (Å²) in [6, 6.07) is 7.02. The highest BCUT2D eigenvalue weighted by Crippen LogP contribution is 2.33. The topological polar surface area (TPSA) is 0 Å². The van der Waals surface area contributed by atoms with E-state index in [0.29, 0.717) is 0 Å². The average Bonchev–Trinajstić information content (AvgIpc) is 2.79. The van der Waals surface area contributed by atoms with Gasteiger partial charge in [0.05, 0.1) is 0 Å². The summed E-state index contributed by atoms with van der Waals surface area (Å²) in [4.78, 5) is 0. The van der Waals surface area contributed by atoms with Crippen molar-refractivity contribution >= 4 is 5.57 Å². The molecule has 0 heteroatoms. The summed E-state index contributed by atoms with van der Waals surface area (Å²) in [7, 11) is 0. The van der Waals surface area contributed by atoms with E-state index in [1.165, 1.54) is 22.3 Å². The molecule has 0 aliphatic heterocycles. The van der Waals surface area contributed by atoms with Gasteiger partial charge in [-0.1, -0.05) is 71.9 Å². The Kier molecular flexibility index (Phi) is 3.47. The fourth-order valence-corrected chi connectivity index (χ4v) is 2.25. The van der Waals surface area contributed by atoms with Crippen molar-refractivity contribution in [1.82, 2.24) is 0 Å². The third kappa shape index (κ3) is 3.18. The van der Waals surface area contributed by atoms with Crippen molar-refractivity contribution < 1.29 is 0 Å². The Balaban J connectivity index is 2.59. The number of hydrogen-bond acceptors (Lipinski definition) is 0. The van der Waals surface area contributed by atoms with Crippen LogP contribution in [0.3, 0.4) is 0 Å². The summed E-state index contributed by atoms with van der Waals surface area (Å²) in [6.45, 7) is 13.7. The van der Waals surface area contributed by atoms with Crippen LogP contribution in [0.5, 0.6) is 0 Å². The molecule has 0 unspecified atom stereocenters. The van der Waals surface area contributed by atoms with Gasteiger partial charge in [0.25, 0.3) is 0 Å². The Bertz CT molecular complexity index is 496. The Morgan fingerprint density at radius 2 is 1.37 bits per heavy atom. The normalized spacial score (nSPS) is 15.8.